The molecule has 0 bridgehead atoms. The molecule has 2 heterocycles. The highest BCUT2D eigenvalue weighted by atomic mass is 32.2. The SMILES string of the molecule is COc1ccc(S(=O)(=O)N2CCOC23CCN(C(=O)C2CC2)CC3)cc1. The Morgan fingerprint density at radius 3 is 2.38 bits per heavy atom. The molecule has 0 radical (unpaired) electrons. The molecular weight excluding hydrogens is 356 g/mol. The Morgan fingerprint density at radius 2 is 1.81 bits per heavy atom. The molecule has 2 aliphatic heterocycles. The zero-order valence-electron chi connectivity index (χ0n) is 14.9. The lowest BCUT2D eigenvalue weighted by molar-refractivity contribution is -0.141. The van der Waals surface area contributed by atoms with E-state index in [0.29, 0.717) is 44.8 Å². The van der Waals surface area contributed by atoms with Crippen LogP contribution in [0, 0.1) is 5.92 Å². The molecule has 2 saturated heterocycles. The number of nitrogens with zero attached hydrogens (tertiary/aromatic N) is 2. The predicted molar refractivity (Wildman–Crippen MR) is 94.1 cm³/mol. The molecule has 1 amide bonds. The standard InChI is InChI=1S/C18H24N2O5S/c1-24-15-4-6-16(7-5-15)26(22,23)20-12-13-25-18(20)8-10-19(11-9-18)17(21)14-2-3-14/h4-7,14H,2-3,8-13H2,1H3. The van der Waals surface area contributed by atoms with Crippen LogP contribution in [0.4, 0.5) is 0 Å². The predicted octanol–water partition coefficient (Wildman–Crippen LogP) is 1.44. The van der Waals surface area contributed by atoms with Gasteiger partial charge in [-0.25, -0.2) is 8.42 Å². The van der Waals surface area contributed by atoms with E-state index in [-0.39, 0.29) is 16.7 Å². The first-order valence-corrected chi connectivity index (χ1v) is 10.5. The highest BCUT2D eigenvalue weighted by molar-refractivity contribution is 7.89. The van der Waals surface area contributed by atoms with Crippen molar-refractivity contribution >= 4 is 15.9 Å². The van der Waals surface area contributed by atoms with Crippen molar-refractivity contribution < 1.29 is 22.7 Å². The van der Waals surface area contributed by atoms with Crippen LogP contribution in [0.3, 0.4) is 0 Å². The van der Waals surface area contributed by atoms with Crippen molar-refractivity contribution in [2.24, 2.45) is 5.92 Å². The smallest absolute Gasteiger partial charge is 0.245 e. The summed E-state index contributed by atoms with van der Waals surface area (Å²) < 4.78 is 38.9. The topological polar surface area (TPSA) is 76.2 Å². The largest absolute Gasteiger partial charge is 0.497 e. The number of carbonyl (C=O) groups is 1. The van der Waals surface area contributed by atoms with Gasteiger partial charge in [0.25, 0.3) is 0 Å². The molecule has 8 heteroatoms. The minimum absolute atomic E-state index is 0.188. The van der Waals surface area contributed by atoms with Crippen LogP contribution in [-0.4, -0.2) is 62.6 Å². The molecule has 1 aromatic carbocycles. The second-order valence-corrected chi connectivity index (χ2v) is 9.01. The number of amides is 1. The molecule has 0 aromatic heterocycles. The number of likely N-dealkylation sites (tertiary alicyclic amines) is 1. The lowest BCUT2D eigenvalue weighted by Crippen LogP contribution is -2.55. The van der Waals surface area contributed by atoms with Crippen molar-refractivity contribution in [1.82, 2.24) is 9.21 Å². The van der Waals surface area contributed by atoms with Crippen LogP contribution in [0.2, 0.25) is 0 Å². The molecule has 0 unspecified atom stereocenters. The quantitative estimate of drug-likeness (QED) is 0.790. The average Bonchev–Trinajstić information content (AvgIpc) is 3.43. The third-order valence-corrected chi connectivity index (χ3v) is 7.51. The van der Waals surface area contributed by atoms with E-state index in [2.05, 4.69) is 0 Å². The van der Waals surface area contributed by atoms with Gasteiger partial charge in [0.15, 0.2) is 0 Å². The summed E-state index contributed by atoms with van der Waals surface area (Å²) in [5, 5.41) is 0. The first kappa shape index (κ1) is 17.8. The third kappa shape index (κ3) is 3.00. The van der Waals surface area contributed by atoms with Gasteiger partial charge in [-0.15, -0.1) is 0 Å². The van der Waals surface area contributed by atoms with Crippen molar-refractivity contribution in [1.29, 1.82) is 0 Å². The Hall–Kier alpha value is -1.64. The molecule has 1 spiro atoms. The van der Waals surface area contributed by atoms with Crippen LogP contribution in [0.25, 0.3) is 0 Å². The Labute approximate surface area is 153 Å². The molecule has 26 heavy (non-hydrogen) atoms. The number of hydrogen-bond acceptors (Lipinski definition) is 5. The van der Waals surface area contributed by atoms with Gasteiger partial charge >= 0.3 is 0 Å². The highest BCUT2D eigenvalue weighted by Crippen LogP contribution is 2.40. The summed E-state index contributed by atoms with van der Waals surface area (Å²) in [6, 6.07) is 6.42. The molecule has 0 N–H and O–H groups in total. The van der Waals surface area contributed by atoms with Gasteiger partial charge < -0.3 is 14.4 Å². The number of methoxy groups -OCH3 is 1. The molecule has 0 atom stereocenters. The monoisotopic (exact) mass is 380 g/mol. The Bertz CT molecular complexity index is 780. The van der Waals surface area contributed by atoms with Crippen molar-refractivity contribution in [2.75, 3.05) is 33.4 Å². The average molecular weight is 380 g/mol. The van der Waals surface area contributed by atoms with Gasteiger partial charge in [0, 0.05) is 38.4 Å². The van der Waals surface area contributed by atoms with Gasteiger partial charge in [0.1, 0.15) is 11.5 Å². The molecule has 7 nitrogen and oxygen atoms in total. The van der Waals surface area contributed by atoms with Crippen molar-refractivity contribution in [3.05, 3.63) is 24.3 Å². The number of sulfonamides is 1. The molecule has 1 saturated carbocycles. The normalized spacial score (nSPS) is 23.3. The lowest BCUT2D eigenvalue weighted by Gasteiger charge is -2.42. The van der Waals surface area contributed by atoms with Gasteiger partial charge in [0.2, 0.25) is 15.9 Å². The van der Waals surface area contributed by atoms with Crippen LogP contribution >= 0.6 is 0 Å². The third-order valence-electron chi connectivity index (χ3n) is 5.55. The Morgan fingerprint density at radius 1 is 1.15 bits per heavy atom. The van der Waals surface area contributed by atoms with Crippen LogP contribution in [0.15, 0.2) is 29.2 Å². The Balaban J connectivity index is 1.53. The van der Waals surface area contributed by atoms with E-state index in [9.17, 15) is 13.2 Å². The fourth-order valence-corrected chi connectivity index (χ4v) is 5.59. The van der Waals surface area contributed by atoms with E-state index in [1.807, 2.05) is 4.90 Å². The van der Waals surface area contributed by atoms with E-state index >= 15 is 0 Å². The molecular formula is C18H24N2O5S. The van der Waals surface area contributed by atoms with Crippen molar-refractivity contribution in [3.8, 4) is 5.75 Å². The summed E-state index contributed by atoms with van der Waals surface area (Å²) in [5.74, 6) is 1.01. The lowest BCUT2D eigenvalue weighted by atomic mass is 10.0. The van der Waals surface area contributed by atoms with Gasteiger partial charge in [-0.2, -0.15) is 4.31 Å². The van der Waals surface area contributed by atoms with Crippen molar-refractivity contribution in [3.63, 3.8) is 0 Å². The van der Waals surface area contributed by atoms with Crippen LogP contribution in [0.5, 0.6) is 5.75 Å². The number of piperidine rings is 1. The van der Waals surface area contributed by atoms with Gasteiger partial charge in [-0.05, 0) is 37.1 Å². The summed E-state index contributed by atoms with van der Waals surface area (Å²) in [6.07, 6.45) is 2.99. The first-order chi connectivity index (χ1) is 12.5. The van der Waals surface area contributed by atoms with Crippen LogP contribution in [-0.2, 0) is 19.6 Å². The summed E-state index contributed by atoms with van der Waals surface area (Å²) >= 11 is 0. The zero-order chi connectivity index (χ0) is 18.4. The fraction of sp³-hybridized carbons (Fsp3) is 0.611. The second-order valence-electron chi connectivity index (χ2n) is 7.15. The number of carbonyl (C=O) groups excluding carboxylic acids is 1. The van der Waals surface area contributed by atoms with Gasteiger partial charge in [-0.3, -0.25) is 4.79 Å². The molecule has 3 aliphatic rings. The molecule has 4 rings (SSSR count). The minimum atomic E-state index is -3.66. The summed E-state index contributed by atoms with van der Waals surface area (Å²) in [5.41, 5.74) is -0.834. The molecule has 1 aliphatic carbocycles. The van der Waals surface area contributed by atoms with E-state index < -0.39 is 15.7 Å². The van der Waals surface area contributed by atoms with E-state index in [1.165, 1.54) is 4.31 Å². The zero-order valence-corrected chi connectivity index (χ0v) is 15.7. The van der Waals surface area contributed by atoms with Crippen molar-refractivity contribution in [2.45, 2.75) is 36.3 Å². The van der Waals surface area contributed by atoms with Crippen LogP contribution in [0.1, 0.15) is 25.7 Å². The van der Waals surface area contributed by atoms with Gasteiger partial charge in [0.05, 0.1) is 18.6 Å². The molecule has 1 aromatic rings. The summed E-state index contributed by atoms with van der Waals surface area (Å²) in [6.45, 7) is 1.81. The first-order valence-electron chi connectivity index (χ1n) is 9.06. The second kappa shape index (κ2) is 6.51. The van der Waals surface area contributed by atoms with E-state index in [0.717, 1.165) is 12.8 Å². The number of benzene rings is 1. The maximum atomic E-state index is 13.2. The number of rotatable bonds is 4. The number of hydrogen-bond donors (Lipinski definition) is 0. The maximum absolute atomic E-state index is 13.2. The fourth-order valence-electron chi connectivity index (χ4n) is 3.87. The summed E-state index contributed by atoms with van der Waals surface area (Å²) in [4.78, 5) is 14.4. The molecule has 3 fully saturated rings. The van der Waals surface area contributed by atoms with Crippen LogP contribution < -0.4 is 4.74 Å². The molecule has 142 valence electrons. The number of ether oxygens (including phenoxy) is 2. The van der Waals surface area contributed by atoms with Gasteiger partial charge in [-0.1, -0.05) is 0 Å². The minimum Gasteiger partial charge on any atom is -0.497 e. The highest BCUT2D eigenvalue weighted by Gasteiger charge is 2.51. The van der Waals surface area contributed by atoms with E-state index in [4.69, 9.17) is 9.47 Å². The maximum Gasteiger partial charge on any atom is 0.245 e. The summed E-state index contributed by atoms with van der Waals surface area (Å²) in [7, 11) is -2.12. The Kier molecular flexibility index (Phi) is 4.45. The van der Waals surface area contributed by atoms with E-state index in [1.54, 1.807) is 31.4 Å².